The zero-order chi connectivity index (χ0) is 5.28. The standard InChI is InChI=1S/C3H6O3P/c1-3-2-5-7(4)6-3/h3H,2H2,1H3/q+1. The summed E-state index contributed by atoms with van der Waals surface area (Å²) in [6, 6.07) is 0. The Morgan fingerprint density at radius 1 is 1.86 bits per heavy atom. The van der Waals surface area contributed by atoms with Crippen LogP contribution in [0.5, 0.6) is 0 Å². The summed E-state index contributed by atoms with van der Waals surface area (Å²) in [5.74, 6) is 0. The maximum absolute atomic E-state index is 10.2. The van der Waals surface area contributed by atoms with Gasteiger partial charge in [-0.3, -0.25) is 0 Å². The van der Waals surface area contributed by atoms with Gasteiger partial charge < -0.3 is 0 Å². The van der Waals surface area contributed by atoms with Gasteiger partial charge in [0.25, 0.3) is 0 Å². The van der Waals surface area contributed by atoms with Gasteiger partial charge in [-0.25, -0.2) is 0 Å². The Labute approximate surface area is 42.6 Å². The van der Waals surface area contributed by atoms with E-state index < -0.39 is 8.25 Å². The van der Waals surface area contributed by atoms with E-state index in [1.54, 1.807) is 0 Å². The van der Waals surface area contributed by atoms with E-state index in [0.29, 0.717) is 6.61 Å². The van der Waals surface area contributed by atoms with Crippen LogP contribution in [0.15, 0.2) is 0 Å². The molecule has 0 amide bonds. The quantitative estimate of drug-likeness (QED) is 0.450. The first-order valence-corrected chi connectivity index (χ1v) is 3.15. The highest BCUT2D eigenvalue weighted by molar-refractivity contribution is 7.33. The highest BCUT2D eigenvalue weighted by Gasteiger charge is 2.34. The van der Waals surface area contributed by atoms with Crippen molar-refractivity contribution in [3.8, 4) is 0 Å². The molecule has 4 heteroatoms. The molecule has 1 rings (SSSR count). The van der Waals surface area contributed by atoms with Gasteiger partial charge in [0.15, 0.2) is 0 Å². The van der Waals surface area contributed by atoms with Crippen LogP contribution in [-0.4, -0.2) is 12.7 Å². The molecular weight excluding hydrogens is 115 g/mol. The van der Waals surface area contributed by atoms with Gasteiger partial charge in [0.1, 0.15) is 12.7 Å². The summed E-state index contributed by atoms with van der Waals surface area (Å²) in [4.78, 5) is 0. The van der Waals surface area contributed by atoms with Crippen LogP contribution in [0.1, 0.15) is 6.92 Å². The van der Waals surface area contributed by atoms with Crippen molar-refractivity contribution in [1.82, 2.24) is 0 Å². The number of hydrogen-bond donors (Lipinski definition) is 0. The lowest BCUT2D eigenvalue weighted by atomic mass is 10.5. The minimum atomic E-state index is -1.75. The van der Waals surface area contributed by atoms with E-state index in [2.05, 4.69) is 9.05 Å². The predicted molar refractivity (Wildman–Crippen MR) is 24.1 cm³/mol. The van der Waals surface area contributed by atoms with Crippen molar-refractivity contribution in [2.75, 3.05) is 6.61 Å². The Hall–Kier alpha value is 0.0200. The second kappa shape index (κ2) is 1.86. The summed E-state index contributed by atoms with van der Waals surface area (Å²) in [6.07, 6.45) is 0.0172. The van der Waals surface area contributed by atoms with E-state index in [0.717, 1.165) is 0 Å². The summed E-state index contributed by atoms with van der Waals surface area (Å²) in [5, 5.41) is 0. The third kappa shape index (κ3) is 1.20. The lowest BCUT2D eigenvalue weighted by Gasteiger charge is -1.80. The molecule has 7 heavy (non-hydrogen) atoms. The molecule has 2 atom stereocenters. The Morgan fingerprint density at radius 3 is 2.71 bits per heavy atom. The molecule has 1 aliphatic rings. The van der Waals surface area contributed by atoms with Crippen LogP contribution in [0, 0.1) is 0 Å². The molecular formula is C3H6O3P+. The molecule has 1 saturated heterocycles. The number of rotatable bonds is 0. The fourth-order valence-electron chi connectivity index (χ4n) is 0.374. The van der Waals surface area contributed by atoms with E-state index in [-0.39, 0.29) is 6.10 Å². The molecule has 0 aromatic rings. The lowest BCUT2D eigenvalue weighted by molar-refractivity contribution is 0.260. The van der Waals surface area contributed by atoms with Gasteiger partial charge in [0, 0.05) is 4.57 Å². The second-order valence-electron chi connectivity index (χ2n) is 1.44. The van der Waals surface area contributed by atoms with Gasteiger partial charge >= 0.3 is 8.25 Å². The van der Waals surface area contributed by atoms with Crippen LogP contribution in [0.3, 0.4) is 0 Å². The molecule has 1 heterocycles. The van der Waals surface area contributed by atoms with Crippen molar-refractivity contribution in [1.29, 1.82) is 0 Å². The van der Waals surface area contributed by atoms with Crippen molar-refractivity contribution in [2.24, 2.45) is 0 Å². The van der Waals surface area contributed by atoms with Crippen LogP contribution in [-0.2, 0) is 13.6 Å². The van der Waals surface area contributed by atoms with E-state index in [4.69, 9.17) is 0 Å². The molecule has 0 aromatic carbocycles. The van der Waals surface area contributed by atoms with Gasteiger partial charge in [0.2, 0.25) is 0 Å². The molecule has 0 bridgehead atoms. The summed E-state index contributed by atoms with van der Waals surface area (Å²) < 4.78 is 19.4. The lowest BCUT2D eigenvalue weighted by Crippen LogP contribution is -1.99. The molecule has 1 aliphatic heterocycles. The molecule has 0 radical (unpaired) electrons. The fourth-order valence-corrected chi connectivity index (χ4v) is 1.12. The van der Waals surface area contributed by atoms with Gasteiger partial charge in [0.05, 0.1) is 0 Å². The molecule has 0 spiro atoms. The molecule has 0 aromatic heterocycles. The minimum Gasteiger partial charge on any atom is -0.116 e. The van der Waals surface area contributed by atoms with Crippen molar-refractivity contribution in [2.45, 2.75) is 13.0 Å². The molecule has 0 N–H and O–H groups in total. The topological polar surface area (TPSA) is 35.5 Å². The minimum absolute atomic E-state index is 0.0172. The van der Waals surface area contributed by atoms with Gasteiger partial charge in [-0.05, 0) is 6.92 Å². The molecule has 3 nitrogen and oxygen atoms in total. The largest absolute Gasteiger partial charge is 0.697 e. The first kappa shape index (κ1) is 5.16. The first-order valence-electron chi connectivity index (χ1n) is 2.06. The summed E-state index contributed by atoms with van der Waals surface area (Å²) in [7, 11) is -1.75. The van der Waals surface area contributed by atoms with Crippen LogP contribution < -0.4 is 0 Å². The molecule has 0 saturated carbocycles. The second-order valence-corrected chi connectivity index (χ2v) is 2.35. The van der Waals surface area contributed by atoms with Crippen LogP contribution in [0.25, 0.3) is 0 Å². The van der Waals surface area contributed by atoms with Crippen molar-refractivity contribution >= 4 is 8.25 Å². The Morgan fingerprint density at radius 2 is 2.57 bits per heavy atom. The third-order valence-electron chi connectivity index (χ3n) is 0.681. The average Bonchev–Trinajstić information content (AvgIpc) is 1.87. The van der Waals surface area contributed by atoms with Crippen LogP contribution >= 0.6 is 8.25 Å². The van der Waals surface area contributed by atoms with Crippen molar-refractivity contribution in [3.05, 3.63) is 0 Å². The first-order chi connectivity index (χ1) is 3.29. The summed E-state index contributed by atoms with van der Waals surface area (Å²) >= 11 is 0. The Kier molecular flexibility index (Phi) is 1.38. The zero-order valence-corrected chi connectivity index (χ0v) is 4.85. The highest BCUT2D eigenvalue weighted by atomic mass is 31.1. The monoisotopic (exact) mass is 121 g/mol. The zero-order valence-electron chi connectivity index (χ0n) is 3.96. The maximum atomic E-state index is 10.2. The Balaban J connectivity index is 2.40. The fraction of sp³-hybridized carbons (Fsp3) is 1.00. The van der Waals surface area contributed by atoms with E-state index in [1.165, 1.54) is 0 Å². The van der Waals surface area contributed by atoms with E-state index in [9.17, 15) is 4.57 Å². The predicted octanol–water partition coefficient (Wildman–Crippen LogP) is 1.08. The SMILES string of the molecule is CC1CO[P+](=O)O1. The summed E-state index contributed by atoms with van der Waals surface area (Å²) in [5.41, 5.74) is 0. The summed E-state index contributed by atoms with van der Waals surface area (Å²) in [6.45, 7) is 2.29. The third-order valence-corrected chi connectivity index (χ3v) is 1.57. The smallest absolute Gasteiger partial charge is 0.116 e. The normalized spacial score (nSPS) is 36.7. The van der Waals surface area contributed by atoms with Gasteiger partial charge in [-0.15, -0.1) is 9.05 Å². The average molecular weight is 121 g/mol. The molecule has 1 fully saturated rings. The highest BCUT2D eigenvalue weighted by Crippen LogP contribution is 2.32. The van der Waals surface area contributed by atoms with Gasteiger partial charge in [-0.1, -0.05) is 0 Å². The van der Waals surface area contributed by atoms with Crippen LogP contribution in [0.4, 0.5) is 0 Å². The Bertz CT molecular complexity index is 92.2. The number of hydrogen-bond acceptors (Lipinski definition) is 3. The van der Waals surface area contributed by atoms with Crippen LogP contribution in [0.2, 0.25) is 0 Å². The molecule has 40 valence electrons. The van der Waals surface area contributed by atoms with Gasteiger partial charge in [-0.2, -0.15) is 0 Å². The maximum Gasteiger partial charge on any atom is 0.697 e. The van der Waals surface area contributed by atoms with Crippen molar-refractivity contribution < 1.29 is 13.6 Å². The molecule has 2 unspecified atom stereocenters. The molecule has 0 aliphatic carbocycles. The van der Waals surface area contributed by atoms with E-state index in [1.807, 2.05) is 6.92 Å². The van der Waals surface area contributed by atoms with E-state index >= 15 is 0 Å². The van der Waals surface area contributed by atoms with Crippen molar-refractivity contribution in [3.63, 3.8) is 0 Å².